The maximum atomic E-state index is 12.3. The molecule has 1 aromatic rings. The fraction of sp³-hybridized carbons (Fsp3) is 0.400. The minimum absolute atomic E-state index is 0.00567. The van der Waals surface area contributed by atoms with Gasteiger partial charge in [0.1, 0.15) is 6.04 Å². The highest BCUT2D eigenvalue weighted by Crippen LogP contribution is 2.23. The molecule has 2 amide bonds. The van der Waals surface area contributed by atoms with Crippen molar-refractivity contribution in [3.63, 3.8) is 0 Å². The zero-order chi connectivity index (χ0) is 16.1. The van der Waals surface area contributed by atoms with E-state index in [2.05, 4.69) is 5.32 Å². The van der Waals surface area contributed by atoms with Gasteiger partial charge in [0.2, 0.25) is 11.8 Å². The molecular formula is C15H18N2O4S. The van der Waals surface area contributed by atoms with Crippen LogP contribution in [0.5, 0.6) is 0 Å². The Kier molecular flexibility index (Phi) is 5.43. The van der Waals surface area contributed by atoms with Crippen molar-refractivity contribution < 1.29 is 19.5 Å². The molecule has 1 saturated heterocycles. The molecule has 0 bridgehead atoms. The van der Waals surface area contributed by atoms with Crippen molar-refractivity contribution in [2.24, 2.45) is 0 Å². The number of nitrogens with one attached hydrogen (secondary N) is 1. The van der Waals surface area contributed by atoms with Gasteiger partial charge in [-0.15, -0.1) is 11.8 Å². The molecular weight excluding hydrogens is 304 g/mol. The summed E-state index contributed by atoms with van der Waals surface area (Å²) in [5.41, 5.74) is 0.684. The lowest BCUT2D eigenvalue weighted by Crippen LogP contribution is -2.44. The molecule has 0 aliphatic carbocycles. The summed E-state index contributed by atoms with van der Waals surface area (Å²) in [5, 5.41) is 11.6. The number of anilines is 1. The maximum absolute atomic E-state index is 12.3. The number of carbonyl (C=O) groups excluding carboxylic acids is 2. The van der Waals surface area contributed by atoms with Gasteiger partial charge < -0.3 is 15.3 Å². The monoisotopic (exact) mass is 322 g/mol. The Balaban J connectivity index is 2.01. The van der Waals surface area contributed by atoms with Gasteiger partial charge in [-0.25, -0.2) is 4.79 Å². The van der Waals surface area contributed by atoms with E-state index < -0.39 is 12.0 Å². The largest absolute Gasteiger partial charge is 0.478 e. The minimum Gasteiger partial charge on any atom is -0.478 e. The number of carboxylic acids is 1. The molecule has 1 aromatic carbocycles. The van der Waals surface area contributed by atoms with Crippen molar-refractivity contribution >= 4 is 35.2 Å². The summed E-state index contributed by atoms with van der Waals surface area (Å²) in [7, 11) is 0. The third kappa shape index (κ3) is 3.79. The van der Waals surface area contributed by atoms with Gasteiger partial charge in [0.15, 0.2) is 0 Å². The van der Waals surface area contributed by atoms with E-state index in [0.29, 0.717) is 23.7 Å². The van der Waals surface area contributed by atoms with E-state index in [9.17, 15) is 14.4 Å². The van der Waals surface area contributed by atoms with Crippen LogP contribution in [-0.4, -0.2) is 45.5 Å². The lowest BCUT2D eigenvalue weighted by atomic mass is 10.2. The number of carbonyl (C=O) groups is 3. The first-order chi connectivity index (χ1) is 10.5. The minimum atomic E-state index is -1.01. The Labute approximate surface area is 132 Å². The lowest BCUT2D eigenvalue weighted by molar-refractivity contribution is -0.136. The van der Waals surface area contributed by atoms with Gasteiger partial charge in [-0.05, 0) is 30.7 Å². The van der Waals surface area contributed by atoms with Crippen molar-refractivity contribution in [3.8, 4) is 0 Å². The fourth-order valence-corrected chi connectivity index (χ4v) is 3.37. The molecule has 118 valence electrons. The van der Waals surface area contributed by atoms with Crippen molar-refractivity contribution in [2.45, 2.75) is 25.8 Å². The Morgan fingerprint density at radius 2 is 2.00 bits per heavy atom. The first-order valence-corrected chi connectivity index (χ1v) is 8.20. The summed E-state index contributed by atoms with van der Waals surface area (Å²) >= 11 is 1.56. The summed E-state index contributed by atoms with van der Waals surface area (Å²) in [6, 6.07) is 5.48. The van der Waals surface area contributed by atoms with E-state index in [1.165, 1.54) is 12.1 Å². The molecule has 7 heteroatoms. The highest BCUT2D eigenvalue weighted by molar-refractivity contribution is 7.99. The van der Waals surface area contributed by atoms with Gasteiger partial charge in [0.05, 0.1) is 11.4 Å². The van der Waals surface area contributed by atoms with Crippen molar-refractivity contribution in [1.29, 1.82) is 0 Å². The van der Waals surface area contributed by atoms with Crippen molar-refractivity contribution in [1.82, 2.24) is 4.90 Å². The standard InChI is InChI=1S/C15H18N2O4S/c1-2-3-13(18)17-9-22-8-12(17)14(19)16-11-6-4-10(5-7-11)15(20)21/h4-7,12H,2-3,8-9H2,1H3,(H,16,19)(H,20,21). The molecule has 0 aromatic heterocycles. The van der Waals surface area contributed by atoms with Crippen LogP contribution in [0.3, 0.4) is 0 Å². The van der Waals surface area contributed by atoms with Crippen LogP contribution in [0.15, 0.2) is 24.3 Å². The summed E-state index contributed by atoms with van der Waals surface area (Å²) in [6.07, 6.45) is 1.20. The van der Waals surface area contributed by atoms with Crippen LogP contribution < -0.4 is 5.32 Å². The molecule has 0 radical (unpaired) electrons. The molecule has 2 rings (SSSR count). The molecule has 6 nitrogen and oxygen atoms in total. The summed E-state index contributed by atoms with van der Waals surface area (Å²) in [6.45, 7) is 1.93. The molecule has 1 aliphatic heterocycles. The molecule has 0 spiro atoms. The average Bonchev–Trinajstić information content (AvgIpc) is 2.97. The molecule has 1 unspecified atom stereocenters. The molecule has 22 heavy (non-hydrogen) atoms. The van der Waals surface area contributed by atoms with Crippen LogP contribution in [-0.2, 0) is 9.59 Å². The number of nitrogens with zero attached hydrogens (tertiary/aromatic N) is 1. The van der Waals surface area contributed by atoms with Gasteiger partial charge in [0.25, 0.3) is 0 Å². The van der Waals surface area contributed by atoms with Gasteiger partial charge in [-0.3, -0.25) is 9.59 Å². The normalized spacial score (nSPS) is 17.3. The Bertz CT molecular complexity index is 573. The molecule has 1 aliphatic rings. The molecule has 1 atom stereocenters. The number of benzene rings is 1. The second-order valence-electron chi connectivity index (χ2n) is 5.00. The predicted molar refractivity (Wildman–Crippen MR) is 84.9 cm³/mol. The van der Waals surface area contributed by atoms with E-state index in [4.69, 9.17) is 5.11 Å². The Morgan fingerprint density at radius 3 is 2.59 bits per heavy atom. The average molecular weight is 322 g/mol. The number of rotatable bonds is 5. The van der Waals surface area contributed by atoms with E-state index >= 15 is 0 Å². The summed E-state index contributed by atoms with van der Waals surface area (Å²) < 4.78 is 0. The van der Waals surface area contributed by atoms with Gasteiger partial charge in [0, 0.05) is 17.9 Å². The number of carboxylic acid groups (broad SMARTS) is 1. The molecule has 2 N–H and O–H groups in total. The number of hydrogen-bond acceptors (Lipinski definition) is 4. The first-order valence-electron chi connectivity index (χ1n) is 7.04. The molecule has 0 saturated carbocycles. The van der Waals surface area contributed by atoms with Crippen molar-refractivity contribution in [3.05, 3.63) is 29.8 Å². The lowest BCUT2D eigenvalue weighted by Gasteiger charge is -2.23. The number of hydrogen-bond donors (Lipinski definition) is 2. The quantitative estimate of drug-likeness (QED) is 0.866. The molecule has 1 fully saturated rings. The zero-order valence-corrected chi connectivity index (χ0v) is 13.1. The Morgan fingerprint density at radius 1 is 1.32 bits per heavy atom. The van der Waals surface area contributed by atoms with Crippen LogP contribution in [0.1, 0.15) is 30.1 Å². The summed E-state index contributed by atoms with van der Waals surface area (Å²) in [5.74, 6) is -0.142. The van der Waals surface area contributed by atoms with E-state index in [1.54, 1.807) is 28.8 Å². The third-order valence-electron chi connectivity index (χ3n) is 3.37. The van der Waals surface area contributed by atoms with Crippen LogP contribution in [0.25, 0.3) is 0 Å². The van der Waals surface area contributed by atoms with Crippen LogP contribution in [0.2, 0.25) is 0 Å². The van der Waals surface area contributed by atoms with E-state index in [1.807, 2.05) is 6.92 Å². The second kappa shape index (κ2) is 7.31. The Hall–Kier alpha value is -2.02. The smallest absolute Gasteiger partial charge is 0.335 e. The fourth-order valence-electron chi connectivity index (χ4n) is 2.18. The highest BCUT2D eigenvalue weighted by atomic mass is 32.2. The SMILES string of the molecule is CCCC(=O)N1CSCC1C(=O)Nc1ccc(C(=O)O)cc1. The van der Waals surface area contributed by atoms with Crippen LogP contribution in [0.4, 0.5) is 5.69 Å². The first kappa shape index (κ1) is 16.4. The number of thioether (sulfide) groups is 1. The number of amides is 2. The van der Waals surface area contributed by atoms with Gasteiger partial charge in [-0.2, -0.15) is 0 Å². The van der Waals surface area contributed by atoms with Crippen molar-refractivity contribution in [2.75, 3.05) is 16.9 Å². The molecule has 1 heterocycles. The van der Waals surface area contributed by atoms with Crippen LogP contribution in [0, 0.1) is 0 Å². The van der Waals surface area contributed by atoms with Gasteiger partial charge >= 0.3 is 5.97 Å². The second-order valence-corrected chi connectivity index (χ2v) is 6.00. The zero-order valence-electron chi connectivity index (χ0n) is 12.2. The van der Waals surface area contributed by atoms with Crippen LogP contribution >= 0.6 is 11.8 Å². The topological polar surface area (TPSA) is 86.7 Å². The third-order valence-corrected chi connectivity index (χ3v) is 4.38. The van der Waals surface area contributed by atoms with E-state index in [0.717, 1.165) is 6.42 Å². The highest BCUT2D eigenvalue weighted by Gasteiger charge is 2.34. The van der Waals surface area contributed by atoms with E-state index in [-0.39, 0.29) is 17.4 Å². The summed E-state index contributed by atoms with van der Waals surface area (Å²) in [4.78, 5) is 36.7. The number of aromatic carboxylic acids is 1. The predicted octanol–water partition coefficient (Wildman–Crippen LogP) is 2.02. The van der Waals surface area contributed by atoms with Gasteiger partial charge in [-0.1, -0.05) is 6.92 Å². The maximum Gasteiger partial charge on any atom is 0.335 e.